The molecule has 1 N–H and O–H groups in total. The van der Waals surface area contributed by atoms with Crippen LogP contribution in [-0.4, -0.2) is 6.04 Å². The lowest BCUT2D eigenvalue weighted by molar-refractivity contribution is 0.271. The Labute approximate surface area is 133 Å². The molecule has 1 unspecified atom stereocenters. The first-order valence-electron chi connectivity index (χ1n) is 7.39. The van der Waals surface area contributed by atoms with Crippen molar-refractivity contribution in [3.05, 3.63) is 69.9 Å². The monoisotopic (exact) mass is 347 g/mol. The lowest BCUT2D eigenvalue weighted by atomic mass is 9.75. The first kappa shape index (κ1) is 14.7. The van der Waals surface area contributed by atoms with Crippen molar-refractivity contribution in [3.8, 4) is 0 Å². The minimum Gasteiger partial charge on any atom is -0.307 e. The maximum atomic E-state index is 12.9. The molecule has 3 rings (SSSR count). The Bertz CT molecular complexity index is 605. The fourth-order valence-electron chi connectivity index (χ4n) is 2.99. The van der Waals surface area contributed by atoms with Crippen molar-refractivity contribution < 1.29 is 4.39 Å². The third-order valence-electron chi connectivity index (χ3n) is 4.31. The van der Waals surface area contributed by atoms with Gasteiger partial charge in [0.05, 0.1) is 0 Å². The van der Waals surface area contributed by atoms with Crippen molar-refractivity contribution in [1.29, 1.82) is 0 Å². The SMILES string of the molecule is CC(NC1CC(c2cccc(Br)c2)C1)c1ccc(F)cc1. The zero-order chi connectivity index (χ0) is 14.8. The van der Waals surface area contributed by atoms with E-state index in [9.17, 15) is 4.39 Å². The Morgan fingerprint density at radius 1 is 1.14 bits per heavy atom. The minimum absolute atomic E-state index is 0.177. The molecule has 21 heavy (non-hydrogen) atoms. The standard InChI is InChI=1S/C18H19BrFN/c1-12(13-5-7-17(20)8-6-13)21-18-10-15(11-18)14-3-2-4-16(19)9-14/h2-9,12,15,18,21H,10-11H2,1H3. The third-order valence-corrected chi connectivity index (χ3v) is 4.81. The highest BCUT2D eigenvalue weighted by atomic mass is 79.9. The maximum absolute atomic E-state index is 12.9. The Kier molecular flexibility index (Phi) is 4.41. The largest absolute Gasteiger partial charge is 0.307 e. The van der Waals surface area contributed by atoms with E-state index in [1.807, 2.05) is 12.1 Å². The van der Waals surface area contributed by atoms with Gasteiger partial charge in [-0.25, -0.2) is 4.39 Å². The van der Waals surface area contributed by atoms with Crippen molar-refractivity contribution in [2.24, 2.45) is 0 Å². The molecule has 0 aliphatic heterocycles. The summed E-state index contributed by atoms with van der Waals surface area (Å²) in [4.78, 5) is 0. The molecule has 0 amide bonds. The van der Waals surface area contributed by atoms with E-state index in [4.69, 9.17) is 0 Å². The molecular weight excluding hydrogens is 329 g/mol. The Balaban J connectivity index is 1.54. The lowest BCUT2D eigenvalue weighted by Gasteiger charge is -2.38. The van der Waals surface area contributed by atoms with Crippen molar-refractivity contribution >= 4 is 15.9 Å². The van der Waals surface area contributed by atoms with Gasteiger partial charge in [0.25, 0.3) is 0 Å². The molecule has 0 heterocycles. The first-order valence-corrected chi connectivity index (χ1v) is 8.18. The van der Waals surface area contributed by atoms with Crippen LogP contribution in [0.2, 0.25) is 0 Å². The zero-order valence-electron chi connectivity index (χ0n) is 12.0. The summed E-state index contributed by atoms with van der Waals surface area (Å²) in [6.45, 7) is 2.14. The molecule has 1 atom stereocenters. The molecule has 0 saturated heterocycles. The highest BCUT2D eigenvalue weighted by Gasteiger charge is 2.31. The molecule has 0 aromatic heterocycles. The van der Waals surface area contributed by atoms with Crippen LogP contribution in [0.1, 0.15) is 42.9 Å². The molecule has 110 valence electrons. The molecule has 1 aliphatic carbocycles. The normalized spacial score (nSPS) is 22.6. The summed E-state index contributed by atoms with van der Waals surface area (Å²) in [5.41, 5.74) is 2.55. The van der Waals surface area contributed by atoms with E-state index in [0.29, 0.717) is 12.0 Å². The van der Waals surface area contributed by atoms with Crippen molar-refractivity contribution in [2.75, 3.05) is 0 Å². The van der Waals surface area contributed by atoms with Crippen LogP contribution in [0.4, 0.5) is 4.39 Å². The highest BCUT2D eigenvalue weighted by Crippen LogP contribution is 2.38. The van der Waals surface area contributed by atoms with E-state index in [1.54, 1.807) is 0 Å². The number of halogens is 2. The van der Waals surface area contributed by atoms with E-state index in [0.717, 1.165) is 10.0 Å². The van der Waals surface area contributed by atoms with E-state index in [-0.39, 0.29) is 11.9 Å². The molecule has 2 aromatic carbocycles. The van der Waals surface area contributed by atoms with Gasteiger partial charge in [0, 0.05) is 16.6 Å². The van der Waals surface area contributed by atoms with E-state index in [1.165, 1.54) is 30.5 Å². The summed E-state index contributed by atoms with van der Waals surface area (Å²) < 4.78 is 14.1. The molecule has 1 nitrogen and oxygen atoms in total. The average Bonchev–Trinajstić information content (AvgIpc) is 2.43. The fraction of sp³-hybridized carbons (Fsp3) is 0.333. The van der Waals surface area contributed by atoms with Crippen LogP contribution in [0, 0.1) is 5.82 Å². The van der Waals surface area contributed by atoms with Gasteiger partial charge in [0.1, 0.15) is 5.82 Å². The fourth-order valence-corrected chi connectivity index (χ4v) is 3.40. The Morgan fingerprint density at radius 2 is 1.86 bits per heavy atom. The molecule has 0 radical (unpaired) electrons. The van der Waals surface area contributed by atoms with Crippen LogP contribution >= 0.6 is 15.9 Å². The smallest absolute Gasteiger partial charge is 0.123 e. The molecule has 1 fully saturated rings. The minimum atomic E-state index is -0.177. The van der Waals surface area contributed by atoms with Gasteiger partial charge in [-0.1, -0.05) is 40.2 Å². The first-order chi connectivity index (χ1) is 10.1. The van der Waals surface area contributed by atoms with Crippen LogP contribution in [0.5, 0.6) is 0 Å². The lowest BCUT2D eigenvalue weighted by Crippen LogP contribution is -2.41. The second kappa shape index (κ2) is 6.29. The summed E-state index contributed by atoms with van der Waals surface area (Å²) in [6, 6.07) is 16.2. The summed E-state index contributed by atoms with van der Waals surface area (Å²) in [7, 11) is 0. The predicted octanol–water partition coefficient (Wildman–Crippen LogP) is 5.19. The van der Waals surface area contributed by atoms with Crippen LogP contribution < -0.4 is 5.32 Å². The summed E-state index contributed by atoms with van der Waals surface area (Å²) in [5, 5.41) is 3.63. The van der Waals surface area contributed by atoms with Gasteiger partial charge in [0.2, 0.25) is 0 Å². The van der Waals surface area contributed by atoms with E-state index >= 15 is 0 Å². The van der Waals surface area contributed by atoms with Gasteiger partial charge >= 0.3 is 0 Å². The predicted molar refractivity (Wildman–Crippen MR) is 87.9 cm³/mol. The second-order valence-electron chi connectivity index (χ2n) is 5.86. The number of rotatable bonds is 4. The molecule has 2 aromatic rings. The second-order valence-corrected chi connectivity index (χ2v) is 6.78. The van der Waals surface area contributed by atoms with Gasteiger partial charge in [-0.15, -0.1) is 0 Å². The van der Waals surface area contributed by atoms with Gasteiger partial charge < -0.3 is 5.32 Å². The number of hydrogen-bond acceptors (Lipinski definition) is 1. The number of hydrogen-bond donors (Lipinski definition) is 1. The molecule has 0 bridgehead atoms. The number of nitrogens with one attached hydrogen (secondary N) is 1. The van der Waals surface area contributed by atoms with Crippen molar-refractivity contribution in [1.82, 2.24) is 5.32 Å². The quantitative estimate of drug-likeness (QED) is 0.802. The highest BCUT2D eigenvalue weighted by molar-refractivity contribution is 9.10. The van der Waals surface area contributed by atoms with Gasteiger partial charge in [-0.3, -0.25) is 0 Å². The molecule has 3 heteroatoms. The van der Waals surface area contributed by atoms with Crippen molar-refractivity contribution in [3.63, 3.8) is 0 Å². The molecule has 0 spiro atoms. The molecular formula is C18H19BrFN. The third kappa shape index (κ3) is 3.53. The topological polar surface area (TPSA) is 12.0 Å². The average molecular weight is 348 g/mol. The van der Waals surface area contributed by atoms with E-state index < -0.39 is 0 Å². The summed E-state index contributed by atoms with van der Waals surface area (Å²) in [6.07, 6.45) is 2.34. The van der Waals surface area contributed by atoms with Gasteiger partial charge in [0.15, 0.2) is 0 Å². The summed E-state index contributed by atoms with van der Waals surface area (Å²) in [5.74, 6) is 0.477. The van der Waals surface area contributed by atoms with Crippen LogP contribution in [0.15, 0.2) is 53.0 Å². The van der Waals surface area contributed by atoms with Gasteiger partial charge in [-0.2, -0.15) is 0 Å². The molecule has 1 saturated carbocycles. The van der Waals surface area contributed by atoms with Crippen molar-refractivity contribution in [2.45, 2.75) is 37.8 Å². The van der Waals surface area contributed by atoms with Crippen LogP contribution in [0.3, 0.4) is 0 Å². The summed E-state index contributed by atoms with van der Waals surface area (Å²) >= 11 is 3.53. The van der Waals surface area contributed by atoms with Crippen LogP contribution in [0.25, 0.3) is 0 Å². The maximum Gasteiger partial charge on any atom is 0.123 e. The van der Waals surface area contributed by atoms with Gasteiger partial charge in [-0.05, 0) is 61.1 Å². The van der Waals surface area contributed by atoms with Crippen LogP contribution in [-0.2, 0) is 0 Å². The Hall–Kier alpha value is -1.19. The van der Waals surface area contributed by atoms with E-state index in [2.05, 4.69) is 52.4 Å². The molecule has 1 aliphatic rings. The number of benzene rings is 2. The zero-order valence-corrected chi connectivity index (χ0v) is 13.6. The Morgan fingerprint density at radius 3 is 2.52 bits per heavy atom.